The first-order chi connectivity index (χ1) is 10.6. The predicted molar refractivity (Wildman–Crippen MR) is 93.6 cm³/mol. The van der Waals surface area contributed by atoms with E-state index >= 15 is 0 Å². The van der Waals surface area contributed by atoms with Crippen LogP contribution in [0.4, 0.5) is 0 Å². The maximum atomic E-state index is 12.7. The largest absolute Gasteiger partial charge is 0.369 e. The van der Waals surface area contributed by atoms with Crippen LogP contribution in [0.15, 0.2) is 0 Å². The molecule has 0 aliphatic heterocycles. The van der Waals surface area contributed by atoms with E-state index in [0.717, 1.165) is 25.7 Å². The van der Waals surface area contributed by atoms with Crippen LogP contribution in [-0.4, -0.2) is 11.7 Å². The quantitative estimate of drug-likeness (QED) is 0.852. The summed E-state index contributed by atoms with van der Waals surface area (Å²) < 4.78 is 0. The van der Waals surface area contributed by atoms with Crippen LogP contribution < -0.4 is 5.73 Å². The molecule has 3 heteroatoms. The minimum Gasteiger partial charge on any atom is -0.369 e. The number of rotatable bonds is 3. The van der Waals surface area contributed by atoms with Crippen molar-refractivity contribution in [3.05, 3.63) is 0 Å². The number of Topliss-reactive ketones (excluding diaryl/α,β-unsaturated/α-hetero) is 1. The Morgan fingerprint density at radius 1 is 0.913 bits per heavy atom. The van der Waals surface area contributed by atoms with E-state index < -0.39 is 0 Å². The second-order valence-electron chi connectivity index (χ2n) is 9.04. The Labute approximate surface area is 141 Å². The van der Waals surface area contributed by atoms with Crippen molar-refractivity contribution >= 4 is 11.7 Å². The zero-order chi connectivity index (χ0) is 17.5. The summed E-state index contributed by atoms with van der Waals surface area (Å²) in [5.74, 6) is 2.39. The van der Waals surface area contributed by atoms with Gasteiger partial charge in [0, 0.05) is 17.8 Å². The van der Waals surface area contributed by atoms with Gasteiger partial charge < -0.3 is 5.73 Å². The van der Waals surface area contributed by atoms with Gasteiger partial charge in [-0.3, -0.25) is 9.59 Å². The topological polar surface area (TPSA) is 60.2 Å². The SMILES string of the molecule is CC(C)C(=O)C1CC2(CC(C(N)=O)C(C)CC2C)C(C)CC1C. The summed E-state index contributed by atoms with van der Waals surface area (Å²) in [5.41, 5.74) is 5.81. The number of primary amides is 1. The first-order valence-corrected chi connectivity index (χ1v) is 9.43. The minimum absolute atomic E-state index is 0.0307. The van der Waals surface area contributed by atoms with Crippen LogP contribution in [0.5, 0.6) is 0 Å². The number of carbonyl (C=O) groups excluding carboxylic acids is 2. The van der Waals surface area contributed by atoms with E-state index in [2.05, 4.69) is 27.7 Å². The van der Waals surface area contributed by atoms with E-state index in [-0.39, 0.29) is 29.1 Å². The van der Waals surface area contributed by atoms with Crippen molar-refractivity contribution in [3.8, 4) is 0 Å². The molecule has 1 amide bonds. The number of hydrogen-bond acceptors (Lipinski definition) is 2. The fourth-order valence-corrected chi connectivity index (χ4v) is 5.70. The Hall–Kier alpha value is -0.860. The van der Waals surface area contributed by atoms with Crippen LogP contribution in [0.3, 0.4) is 0 Å². The van der Waals surface area contributed by atoms with Crippen molar-refractivity contribution in [3.63, 3.8) is 0 Å². The number of nitrogens with two attached hydrogens (primary N) is 1. The highest BCUT2D eigenvalue weighted by Crippen LogP contribution is 2.59. The fourth-order valence-electron chi connectivity index (χ4n) is 5.70. The van der Waals surface area contributed by atoms with Crippen molar-refractivity contribution in [1.29, 1.82) is 0 Å². The lowest BCUT2D eigenvalue weighted by atomic mass is 9.48. The molecule has 0 aromatic rings. The van der Waals surface area contributed by atoms with Crippen LogP contribution >= 0.6 is 0 Å². The molecule has 2 aliphatic rings. The van der Waals surface area contributed by atoms with Gasteiger partial charge in [-0.25, -0.2) is 0 Å². The Morgan fingerprint density at radius 2 is 1.35 bits per heavy atom. The summed E-state index contributed by atoms with van der Waals surface area (Å²) in [4.78, 5) is 24.7. The molecule has 0 saturated heterocycles. The Morgan fingerprint density at radius 3 is 1.78 bits per heavy atom. The highest BCUT2D eigenvalue weighted by atomic mass is 16.1. The second-order valence-corrected chi connectivity index (χ2v) is 9.04. The summed E-state index contributed by atoms with van der Waals surface area (Å²) in [5, 5.41) is 0. The minimum atomic E-state index is -0.152. The molecule has 0 bridgehead atoms. The van der Waals surface area contributed by atoms with E-state index in [1.165, 1.54) is 0 Å². The van der Waals surface area contributed by atoms with Crippen molar-refractivity contribution in [1.82, 2.24) is 0 Å². The van der Waals surface area contributed by atoms with Crippen molar-refractivity contribution in [2.24, 2.45) is 52.6 Å². The molecule has 0 aromatic heterocycles. The zero-order valence-electron chi connectivity index (χ0n) is 15.8. The Kier molecular flexibility index (Phi) is 5.27. The summed E-state index contributed by atoms with van der Waals surface area (Å²) in [7, 11) is 0. The Balaban J connectivity index is 2.33. The first kappa shape index (κ1) is 18.5. The maximum absolute atomic E-state index is 12.7. The molecule has 2 aliphatic carbocycles. The summed E-state index contributed by atoms with van der Waals surface area (Å²) in [6.07, 6.45) is 3.96. The molecule has 0 heterocycles. The highest BCUT2D eigenvalue weighted by Gasteiger charge is 2.54. The number of ketones is 1. The monoisotopic (exact) mass is 321 g/mol. The number of hydrogen-bond donors (Lipinski definition) is 1. The van der Waals surface area contributed by atoms with Crippen LogP contribution in [-0.2, 0) is 9.59 Å². The third-order valence-electron chi connectivity index (χ3n) is 7.29. The third kappa shape index (κ3) is 3.21. The first-order valence-electron chi connectivity index (χ1n) is 9.43. The van der Waals surface area contributed by atoms with E-state index in [9.17, 15) is 9.59 Å². The molecular weight excluding hydrogens is 286 g/mol. The predicted octanol–water partition coefficient (Wildman–Crippen LogP) is 4.05. The van der Waals surface area contributed by atoms with Gasteiger partial charge >= 0.3 is 0 Å². The van der Waals surface area contributed by atoms with E-state index in [1.54, 1.807) is 0 Å². The van der Waals surface area contributed by atoms with Gasteiger partial charge in [-0.15, -0.1) is 0 Å². The molecule has 0 aromatic carbocycles. The van der Waals surface area contributed by atoms with Gasteiger partial charge in [0.1, 0.15) is 5.78 Å². The molecule has 2 rings (SSSR count). The summed E-state index contributed by atoms with van der Waals surface area (Å²) in [6, 6.07) is 0. The van der Waals surface area contributed by atoms with Crippen LogP contribution in [0.2, 0.25) is 0 Å². The van der Waals surface area contributed by atoms with E-state index in [0.29, 0.717) is 29.5 Å². The third-order valence-corrected chi connectivity index (χ3v) is 7.29. The second kappa shape index (κ2) is 6.57. The summed E-state index contributed by atoms with van der Waals surface area (Å²) in [6.45, 7) is 13.1. The standard InChI is InChI=1S/C20H35NO2/c1-11(2)18(22)16-9-20(14(5)7-12(16)3)10-17(19(21)23)13(4)8-15(20)6/h11-17H,7-10H2,1-6H3,(H2,21,23). The average Bonchev–Trinajstić information content (AvgIpc) is 2.44. The molecule has 3 nitrogen and oxygen atoms in total. The van der Waals surface area contributed by atoms with Gasteiger partial charge in [-0.1, -0.05) is 41.5 Å². The highest BCUT2D eigenvalue weighted by molar-refractivity contribution is 5.83. The molecule has 2 saturated carbocycles. The van der Waals surface area contributed by atoms with Gasteiger partial charge in [0.05, 0.1) is 0 Å². The maximum Gasteiger partial charge on any atom is 0.220 e. The van der Waals surface area contributed by atoms with Gasteiger partial charge in [-0.2, -0.15) is 0 Å². The number of amides is 1. The molecule has 132 valence electrons. The van der Waals surface area contributed by atoms with Gasteiger partial charge in [0.25, 0.3) is 0 Å². The van der Waals surface area contributed by atoms with Crippen molar-refractivity contribution < 1.29 is 9.59 Å². The fraction of sp³-hybridized carbons (Fsp3) is 0.900. The van der Waals surface area contributed by atoms with Crippen LogP contribution in [0, 0.1) is 46.8 Å². The van der Waals surface area contributed by atoms with E-state index in [1.807, 2.05) is 13.8 Å². The van der Waals surface area contributed by atoms with Crippen molar-refractivity contribution in [2.45, 2.75) is 67.2 Å². The molecule has 1 spiro atoms. The lowest BCUT2D eigenvalue weighted by Crippen LogP contribution is -2.52. The van der Waals surface area contributed by atoms with Crippen molar-refractivity contribution in [2.75, 3.05) is 0 Å². The summed E-state index contributed by atoms with van der Waals surface area (Å²) >= 11 is 0. The van der Waals surface area contributed by atoms with Gasteiger partial charge in [-0.05, 0) is 54.8 Å². The van der Waals surface area contributed by atoms with Gasteiger partial charge in [0.2, 0.25) is 5.91 Å². The molecule has 2 fully saturated rings. The molecule has 2 N–H and O–H groups in total. The van der Waals surface area contributed by atoms with Crippen LogP contribution in [0.25, 0.3) is 0 Å². The van der Waals surface area contributed by atoms with Gasteiger partial charge in [0.15, 0.2) is 0 Å². The molecular formula is C20H35NO2. The molecule has 7 atom stereocenters. The van der Waals surface area contributed by atoms with E-state index in [4.69, 9.17) is 5.73 Å². The molecule has 7 unspecified atom stereocenters. The Bertz CT molecular complexity index is 466. The lowest BCUT2D eigenvalue weighted by molar-refractivity contribution is -0.141. The average molecular weight is 322 g/mol. The number of carbonyl (C=O) groups is 2. The smallest absolute Gasteiger partial charge is 0.220 e. The molecule has 0 radical (unpaired) electrons. The lowest BCUT2D eigenvalue weighted by Gasteiger charge is -2.56. The normalized spacial score (nSPS) is 44.5. The van der Waals surface area contributed by atoms with Crippen LogP contribution in [0.1, 0.15) is 67.2 Å². The zero-order valence-corrected chi connectivity index (χ0v) is 15.8. The molecule has 23 heavy (non-hydrogen) atoms.